The molecule has 0 aromatic heterocycles. The average molecular weight is 933 g/mol. The summed E-state index contributed by atoms with van der Waals surface area (Å²) in [4.78, 5) is 24.5. The van der Waals surface area contributed by atoms with Crippen LogP contribution >= 0.6 is 0 Å². The van der Waals surface area contributed by atoms with E-state index in [9.17, 15) is 19.8 Å². The molecule has 0 aliphatic heterocycles. The van der Waals surface area contributed by atoms with Crippen molar-refractivity contribution in [2.24, 2.45) is 0 Å². The highest BCUT2D eigenvalue weighted by atomic mass is 16.5. The summed E-state index contributed by atoms with van der Waals surface area (Å²) in [6, 6.07) is -0.625. The van der Waals surface area contributed by atoms with Gasteiger partial charge in [-0.25, -0.2) is 0 Å². The highest BCUT2D eigenvalue weighted by Gasteiger charge is 2.18. The van der Waals surface area contributed by atoms with Gasteiger partial charge in [-0.1, -0.05) is 302 Å². The number of hydrogen-bond acceptors (Lipinski definition) is 5. The topological polar surface area (TPSA) is 95.9 Å². The molecule has 6 nitrogen and oxygen atoms in total. The number of nitrogens with one attached hydrogen (secondary N) is 1. The minimum absolute atomic E-state index is 0.0170. The summed E-state index contributed by atoms with van der Waals surface area (Å²) in [5.41, 5.74) is 0. The van der Waals surface area contributed by atoms with Crippen LogP contribution in [0.3, 0.4) is 0 Å². The Morgan fingerprint density at radius 3 is 1.03 bits per heavy atom. The molecule has 0 bridgehead atoms. The molecular weight excluding hydrogens is 815 g/mol. The number of hydrogen-bond donors (Lipinski definition) is 3. The molecule has 2 atom stereocenters. The lowest BCUT2D eigenvalue weighted by Crippen LogP contribution is -2.45. The number of carbonyl (C=O) groups is 2. The van der Waals surface area contributed by atoms with Gasteiger partial charge in [-0.05, 0) is 32.1 Å². The van der Waals surface area contributed by atoms with E-state index in [0.29, 0.717) is 19.4 Å². The maximum atomic E-state index is 12.4. The van der Waals surface area contributed by atoms with E-state index >= 15 is 0 Å². The summed E-state index contributed by atoms with van der Waals surface area (Å²) >= 11 is 0. The second-order valence-corrected chi connectivity index (χ2v) is 20.7. The molecule has 392 valence electrons. The fraction of sp³-hybridized carbons (Fsp3) is 0.933. The van der Waals surface area contributed by atoms with Gasteiger partial charge in [0.25, 0.3) is 0 Å². The number of ether oxygens (including phenoxy) is 1. The molecule has 0 fully saturated rings. The van der Waals surface area contributed by atoms with Crippen molar-refractivity contribution in [1.82, 2.24) is 5.32 Å². The predicted molar refractivity (Wildman–Crippen MR) is 287 cm³/mol. The predicted octanol–water partition coefficient (Wildman–Crippen LogP) is 18.5. The van der Waals surface area contributed by atoms with Crippen LogP contribution in [0.5, 0.6) is 0 Å². The van der Waals surface area contributed by atoms with Crippen LogP contribution in [0.25, 0.3) is 0 Å². The van der Waals surface area contributed by atoms with E-state index in [1.807, 2.05) is 6.08 Å². The summed E-state index contributed by atoms with van der Waals surface area (Å²) in [7, 11) is 0. The zero-order chi connectivity index (χ0) is 47.9. The van der Waals surface area contributed by atoms with Crippen molar-refractivity contribution in [3.8, 4) is 0 Å². The van der Waals surface area contributed by atoms with Gasteiger partial charge in [0.15, 0.2) is 0 Å². The molecule has 6 heteroatoms. The first-order valence-corrected chi connectivity index (χ1v) is 30.0. The Morgan fingerprint density at radius 2 is 0.697 bits per heavy atom. The summed E-state index contributed by atoms with van der Waals surface area (Å²) in [6.07, 6.45) is 66.8. The quantitative estimate of drug-likeness (QED) is 0.0321. The van der Waals surface area contributed by atoms with Crippen LogP contribution in [0, 0.1) is 0 Å². The first-order valence-electron chi connectivity index (χ1n) is 30.0. The first-order chi connectivity index (χ1) is 32.5. The SMILES string of the molecule is CCCCCCCCCC/C=C/C(O)C(CO)NC(=O)CCCCCCCCCCCCCCCCCCCCCCCCOC(=O)CCCCCCCCCCCCCCCCCCC. The molecule has 0 saturated heterocycles. The summed E-state index contributed by atoms with van der Waals surface area (Å²) in [6.45, 7) is 4.91. The maximum absolute atomic E-state index is 12.4. The highest BCUT2D eigenvalue weighted by molar-refractivity contribution is 5.76. The van der Waals surface area contributed by atoms with Crippen molar-refractivity contribution in [2.45, 2.75) is 347 Å². The standard InChI is InChI=1S/C60H117NO5/c1-3-5-7-9-11-13-15-16-17-24-28-31-34-38-42-46-50-54-60(65)66-55-51-47-43-39-35-32-29-26-23-21-19-18-20-22-25-27-30-33-37-41-45-49-53-59(64)61-57(56-62)58(63)52-48-44-40-36-14-12-10-8-6-4-2/h48,52,57-58,62-63H,3-47,49-51,53-56H2,1-2H3,(H,61,64)/b52-48+. The molecule has 66 heavy (non-hydrogen) atoms. The average Bonchev–Trinajstić information content (AvgIpc) is 3.32. The smallest absolute Gasteiger partial charge is 0.305 e. The fourth-order valence-corrected chi connectivity index (χ4v) is 9.46. The van der Waals surface area contributed by atoms with Gasteiger partial charge < -0.3 is 20.3 Å². The van der Waals surface area contributed by atoms with E-state index in [0.717, 1.165) is 38.5 Å². The lowest BCUT2D eigenvalue weighted by atomic mass is 10.0. The molecule has 0 saturated carbocycles. The van der Waals surface area contributed by atoms with Gasteiger partial charge in [0.2, 0.25) is 5.91 Å². The molecule has 0 radical (unpaired) electrons. The lowest BCUT2D eigenvalue weighted by Gasteiger charge is -2.20. The molecule has 0 rings (SSSR count). The van der Waals surface area contributed by atoms with E-state index in [4.69, 9.17) is 4.74 Å². The summed E-state index contributed by atoms with van der Waals surface area (Å²) in [5.74, 6) is -0.0518. The fourth-order valence-electron chi connectivity index (χ4n) is 9.46. The molecule has 0 heterocycles. The number of unbranched alkanes of at least 4 members (excludes halogenated alkanes) is 45. The van der Waals surface area contributed by atoms with Crippen molar-refractivity contribution in [3.05, 3.63) is 12.2 Å². The van der Waals surface area contributed by atoms with Crippen molar-refractivity contribution in [3.63, 3.8) is 0 Å². The highest BCUT2D eigenvalue weighted by Crippen LogP contribution is 2.18. The Hall–Kier alpha value is -1.40. The Balaban J connectivity index is 3.34. The third kappa shape index (κ3) is 52.0. The van der Waals surface area contributed by atoms with E-state index in [1.54, 1.807) is 6.08 Å². The first kappa shape index (κ1) is 64.6. The number of amides is 1. The van der Waals surface area contributed by atoms with Gasteiger partial charge in [0, 0.05) is 12.8 Å². The largest absolute Gasteiger partial charge is 0.466 e. The van der Waals surface area contributed by atoms with E-state index in [-0.39, 0.29) is 18.5 Å². The van der Waals surface area contributed by atoms with Crippen LogP contribution in [-0.4, -0.2) is 47.4 Å². The van der Waals surface area contributed by atoms with Crippen LogP contribution in [-0.2, 0) is 14.3 Å². The number of rotatable bonds is 56. The zero-order valence-corrected chi connectivity index (χ0v) is 44.7. The number of esters is 1. The molecule has 0 aromatic rings. The Morgan fingerprint density at radius 1 is 0.409 bits per heavy atom. The van der Waals surface area contributed by atoms with Gasteiger partial charge in [-0.3, -0.25) is 9.59 Å². The van der Waals surface area contributed by atoms with Crippen LogP contribution in [0.1, 0.15) is 335 Å². The van der Waals surface area contributed by atoms with Crippen LogP contribution in [0.15, 0.2) is 12.2 Å². The van der Waals surface area contributed by atoms with Crippen LogP contribution in [0.2, 0.25) is 0 Å². The minimum atomic E-state index is -0.841. The lowest BCUT2D eigenvalue weighted by molar-refractivity contribution is -0.143. The van der Waals surface area contributed by atoms with E-state index in [1.165, 1.54) is 270 Å². The molecule has 0 spiro atoms. The van der Waals surface area contributed by atoms with Crippen molar-refractivity contribution in [2.75, 3.05) is 13.2 Å². The van der Waals surface area contributed by atoms with Gasteiger partial charge in [0.1, 0.15) is 0 Å². The minimum Gasteiger partial charge on any atom is -0.466 e. The van der Waals surface area contributed by atoms with E-state index in [2.05, 4.69) is 19.2 Å². The third-order valence-corrected chi connectivity index (χ3v) is 14.1. The summed E-state index contributed by atoms with van der Waals surface area (Å²) in [5, 5.41) is 23.0. The Labute approximate surface area is 412 Å². The normalized spacial score (nSPS) is 12.6. The number of aliphatic hydroxyl groups is 2. The molecule has 0 aliphatic rings. The Kier molecular flexibility index (Phi) is 55.0. The van der Waals surface area contributed by atoms with Crippen molar-refractivity contribution < 1.29 is 24.5 Å². The molecule has 0 aliphatic carbocycles. The molecule has 1 amide bonds. The van der Waals surface area contributed by atoms with Gasteiger partial charge in [-0.15, -0.1) is 0 Å². The molecule has 3 N–H and O–H groups in total. The van der Waals surface area contributed by atoms with Gasteiger partial charge in [-0.2, -0.15) is 0 Å². The zero-order valence-electron chi connectivity index (χ0n) is 44.7. The number of allylic oxidation sites excluding steroid dienone is 1. The van der Waals surface area contributed by atoms with Gasteiger partial charge >= 0.3 is 5.97 Å². The second-order valence-electron chi connectivity index (χ2n) is 20.7. The molecule has 2 unspecified atom stereocenters. The van der Waals surface area contributed by atoms with Crippen LogP contribution in [0.4, 0.5) is 0 Å². The van der Waals surface area contributed by atoms with Crippen molar-refractivity contribution >= 4 is 11.9 Å². The Bertz CT molecular complexity index is 986. The molecular formula is C60H117NO5. The second kappa shape index (κ2) is 56.2. The maximum Gasteiger partial charge on any atom is 0.305 e. The number of carbonyl (C=O) groups excluding carboxylic acids is 2. The number of aliphatic hydroxyl groups excluding tert-OH is 2. The van der Waals surface area contributed by atoms with Crippen LogP contribution < -0.4 is 5.32 Å². The van der Waals surface area contributed by atoms with Gasteiger partial charge in [0.05, 0.1) is 25.4 Å². The van der Waals surface area contributed by atoms with Crippen molar-refractivity contribution in [1.29, 1.82) is 0 Å². The monoisotopic (exact) mass is 932 g/mol. The summed E-state index contributed by atoms with van der Waals surface area (Å²) < 4.78 is 5.50. The van der Waals surface area contributed by atoms with E-state index < -0.39 is 12.1 Å². The third-order valence-electron chi connectivity index (χ3n) is 14.1. The molecule has 0 aromatic carbocycles.